The van der Waals surface area contributed by atoms with Crippen LogP contribution in [0.4, 0.5) is 0 Å². The van der Waals surface area contributed by atoms with Crippen LogP contribution < -0.4 is 10.2 Å². The van der Waals surface area contributed by atoms with Gasteiger partial charge in [-0.05, 0) is 18.2 Å². The summed E-state index contributed by atoms with van der Waals surface area (Å²) in [6, 6.07) is 5.27. The molecule has 2 aromatic carbocycles. The molecule has 5 atom stereocenters. The van der Waals surface area contributed by atoms with Crippen molar-refractivity contribution in [2.45, 2.75) is 30.7 Å². The lowest BCUT2D eigenvalue weighted by Gasteiger charge is -2.38. The van der Waals surface area contributed by atoms with Gasteiger partial charge in [-0.3, -0.25) is 4.79 Å². The van der Waals surface area contributed by atoms with Crippen molar-refractivity contribution in [3.8, 4) is 40.1 Å². The van der Waals surface area contributed by atoms with Gasteiger partial charge in [0.15, 0.2) is 34.4 Å². The highest BCUT2D eigenvalue weighted by Gasteiger charge is 2.48. The van der Waals surface area contributed by atoms with Gasteiger partial charge in [0.25, 0.3) is 0 Å². The molecule has 13 nitrogen and oxygen atoms in total. The first kappa shape index (κ1) is 23.1. The first-order valence-corrected chi connectivity index (χ1v) is 9.64. The number of phenolic OH excluding ortho intramolecular Hbond substituents is 4. The van der Waals surface area contributed by atoms with E-state index in [0.717, 1.165) is 24.3 Å². The average Bonchev–Trinajstić information content (AvgIpc) is 2.78. The summed E-state index contributed by atoms with van der Waals surface area (Å²) in [5.74, 6) is -4.95. The Balaban J connectivity index is 1.78. The molecular formula is C21H18O13. The zero-order valence-corrected chi connectivity index (χ0v) is 16.9. The number of phenols is 4. The summed E-state index contributed by atoms with van der Waals surface area (Å²) in [7, 11) is 0. The third kappa shape index (κ3) is 3.82. The summed E-state index contributed by atoms with van der Waals surface area (Å²) in [6.07, 6.45) is -9.81. The van der Waals surface area contributed by atoms with E-state index in [9.17, 15) is 45.3 Å². The molecule has 3 aromatic rings. The molecule has 13 heteroatoms. The minimum Gasteiger partial charge on any atom is -0.507 e. The van der Waals surface area contributed by atoms with Crippen molar-refractivity contribution in [2.24, 2.45) is 0 Å². The summed E-state index contributed by atoms with van der Waals surface area (Å²) in [6.45, 7) is 0. The molecule has 0 aliphatic carbocycles. The van der Waals surface area contributed by atoms with Crippen LogP contribution in [0.25, 0.3) is 22.3 Å². The van der Waals surface area contributed by atoms with E-state index in [1.165, 1.54) is 6.07 Å². The third-order valence-corrected chi connectivity index (χ3v) is 5.24. The number of carboxylic acid groups (broad SMARTS) is 1. The maximum atomic E-state index is 12.6. The quantitative estimate of drug-likeness (QED) is 0.176. The number of aromatic hydroxyl groups is 4. The number of hydrogen-bond donors (Lipinski definition) is 8. The molecule has 5 unspecified atom stereocenters. The normalized spacial score (nSPS) is 24.7. The Bertz CT molecular complexity index is 1330. The molecule has 2 heterocycles. The monoisotopic (exact) mass is 478 g/mol. The van der Waals surface area contributed by atoms with E-state index in [1.807, 2.05) is 0 Å². The summed E-state index contributed by atoms with van der Waals surface area (Å²) in [5, 5.41) is 78.6. The minimum atomic E-state index is -1.98. The van der Waals surface area contributed by atoms with Crippen molar-refractivity contribution in [1.82, 2.24) is 0 Å². The van der Waals surface area contributed by atoms with Gasteiger partial charge in [-0.1, -0.05) is 0 Å². The van der Waals surface area contributed by atoms with Crippen LogP contribution in [-0.4, -0.2) is 77.5 Å². The number of hydrogen-bond acceptors (Lipinski definition) is 12. The predicted octanol–water partition coefficient (Wildman–Crippen LogP) is -0.447. The highest BCUT2D eigenvalue weighted by molar-refractivity contribution is 5.91. The van der Waals surface area contributed by atoms with E-state index >= 15 is 0 Å². The third-order valence-electron chi connectivity index (χ3n) is 5.24. The lowest BCUT2D eigenvalue weighted by molar-refractivity contribution is -0.271. The molecule has 1 saturated heterocycles. The second kappa shape index (κ2) is 8.39. The fourth-order valence-corrected chi connectivity index (χ4v) is 3.46. The SMILES string of the molecule is O=C(O)C1OC(Oc2cc(O)c3c(=O)cc(-c4ccc(O)c(O)c4)oc3c2O)C(O)C(O)C1O. The van der Waals surface area contributed by atoms with Crippen molar-refractivity contribution < 1.29 is 59.5 Å². The molecule has 0 saturated carbocycles. The van der Waals surface area contributed by atoms with E-state index in [4.69, 9.17) is 19.0 Å². The second-order valence-electron chi connectivity index (χ2n) is 7.48. The van der Waals surface area contributed by atoms with Crippen LogP contribution in [0.15, 0.2) is 39.5 Å². The number of ether oxygens (including phenoxy) is 2. The molecule has 1 aliphatic heterocycles. The number of aliphatic carboxylic acids is 1. The number of carboxylic acids is 1. The number of benzene rings is 2. The Hall–Kier alpha value is -4.04. The van der Waals surface area contributed by atoms with Crippen LogP contribution in [0.1, 0.15) is 0 Å². The molecule has 180 valence electrons. The van der Waals surface area contributed by atoms with Gasteiger partial charge in [0.2, 0.25) is 12.0 Å². The van der Waals surface area contributed by atoms with Gasteiger partial charge in [0.1, 0.15) is 35.2 Å². The van der Waals surface area contributed by atoms with Crippen LogP contribution in [0.2, 0.25) is 0 Å². The van der Waals surface area contributed by atoms with E-state index in [0.29, 0.717) is 0 Å². The summed E-state index contributed by atoms with van der Waals surface area (Å²) in [4.78, 5) is 23.8. The van der Waals surface area contributed by atoms with Gasteiger partial charge in [0.05, 0.1) is 0 Å². The van der Waals surface area contributed by atoms with Crippen molar-refractivity contribution in [1.29, 1.82) is 0 Å². The van der Waals surface area contributed by atoms with Crippen LogP contribution in [0.3, 0.4) is 0 Å². The molecule has 0 spiro atoms. The number of aliphatic hydroxyl groups excluding tert-OH is 3. The first-order valence-electron chi connectivity index (χ1n) is 9.64. The zero-order valence-electron chi connectivity index (χ0n) is 16.9. The van der Waals surface area contributed by atoms with Crippen molar-refractivity contribution in [3.05, 3.63) is 40.6 Å². The summed E-state index contributed by atoms with van der Waals surface area (Å²) >= 11 is 0. The lowest BCUT2D eigenvalue weighted by atomic mass is 9.99. The predicted molar refractivity (Wildman–Crippen MR) is 110 cm³/mol. The maximum Gasteiger partial charge on any atom is 0.335 e. The molecular weight excluding hydrogens is 460 g/mol. The Morgan fingerprint density at radius 2 is 1.59 bits per heavy atom. The Kier molecular flexibility index (Phi) is 5.70. The molecule has 34 heavy (non-hydrogen) atoms. The van der Waals surface area contributed by atoms with Gasteiger partial charge in [-0.25, -0.2) is 4.79 Å². The van der Waals surface area contributed by atoms with E-state index in [1.54, 1.807) is 0 Å². The standard InChI is InChI=1S/C21H18O13/c22-7-2-1-6(3-8(7)23)11-4-9(24)13-10(25)5-12(14(26)18(13)32-11)33-21-17(29)15(27)16(28)19(34-21)20(30)31/h1-5,15-17,19,21-23,25-29H,(H,30,31). The lowest BCUT2D eigenvalue weighted by Crippen LogP contribution is -2.61. The molecule has 0 radical (unpaired) electrons. The van der Waals surface area contributed by atoms with Crippen molar-refractivity contribution in [3.63, 3.8) is 0 Å². The number of rotatable bonds is 4. The topological polar surface area (TPSA) is 228 Å². The second-order valence-corrected chi connectivity index (χ2v) is 7.48. The largest absolute Gasteiger partial charge is 0.507 e. The number of fused-ring (bicyclic) bond motifs is 1. The smallest absolute Gasteiger partial charge is 0.335 e. The molecule has 0 bridgehead atoms. The fourth-order valence-electron chi connectivity index (χ4n) is 3.46. The van der Waals surface area contributed by atoms with Gasteiger partial charge in [-0.15, -0.1) is 0 Å². The van der Waals surface area contributed by atoms with E-state index in [2.05, 4.69) is 0 Å². The van der Waals surface area contributed by atoms with Gasteiger partial charge in [-0.2, -0.15) is 0 Å². The first-order chi connectivity index (χ1) is 16.0. The van der Waals surface area contributed by atoms with Crippen LogP contribution in [0.5, 0.6) is 28.7 Å². The zero-order chi connectivity index (χ0) is 24.9. The molecule has 1 aromatic heterocycles. The van der Waals surface area contributed by atoms with Crippen molar-refractivity contribution in [2.75, 3.05) is 0 Å². The average molecular weight is 478 g/mol. The van der Waals surface area contributed by atoms with Gasteiger partial charge in [0, 0.05) is 17.7 Å². The molecule has 1 aliphatic rings. The van der Waals surface area contributed by atoms with Gasteiger partial charge >= 0.3 is 5.97 Å². The van der Waals surface area contributed by atoms with Crippen LogP contribution in [0, 0.1) is 0 Å². The minimum absolute atomic E-state index is 0.131. The molecule has 0 amide bonds. The summed E-state index contributed by atoms with van der Waals surface area (Å²) in [5.41, 5.74) is -1.22. The van der Waals surface area contributed by atoms with Crippen molar-refractivity contribution >= 4 is 16.9 Å². The Morgan fingerprint density at radius 3 is 2.24 bits per heavy atom. The highest BCUT2D eigenvalue weighted by Crippen LogP contribution is 2.42. The molecule has 8 N–H and O–H groups in total. The highest BCUT2D eigenvalue weighted by atomic mass is 16.7. The Labute approximate surface area is 188 Å². The molecule has 1 fully saturated rings. The Morgan fingerprint density at radius 1 is 0.882 bits per heavy atom. The van der Waals surface area contributed by atoms with Crippen LogP contribution in [-0.2, 0) is 9.53 Å². The number of carbonyl (C=O) groups is 1. The van der Waals surface area contributed by atoms with Gasteiger partial charge < -0.3 is 54.7 Å². The fraction of sp³-hybridized carbons (Fsp3) is 0.238. The van der Waals surface area contributed by atoms with E-state index < -0.39 is 81.8 Å². The van der Waals surface area contributed by atoms with E-state index in [-0.39, 0.29) is 11.3 Å². The maximum absolute atomic E-state index is 12.6. The summed E-state index contributed by atoms with van der Waals surface area (Å²) < 4.78 is 15.8. The number of aliphatic hydroxyl groups is 3. The molecule has 4 rings (SSSR count). The van der Waals surface area contributed by atoms with Crippen LogP contribution >= 0.6 is 0 Å².